The molecule has 0 aromatic carbocycles. The Morgan fingerprint density at radius 1 is 1.60 bits per heavy atom. The normalized spacial score (nSPS) is 18.6. The second kappa shape index (κ2) is 6.30. The summed E-state index contributed by atoms with van der Waals surface area (Å²) in [5, 5.41) is 29.0. The lowest BCUT2D eigenvalue weighted by Gasteiger charge is -2.36. The first-order valence-corrected chi connectivity index (χ1v) is 6.59. The molecule has 1 unspecified atom stereocenters. The van der Waals surface area contributed by atoms with Gasteiger partial charge in [-0.25, -0.2) is 4.98 Å². The molecule has 2 heterocycles. The molecule has 2 rings (SSSR count). The summed E-state index contributed by atoms with van der Waals surface area (Å²) in [7, 11) is 0. The highest BCUT2D eigenvalue weighted by Crippen LogP contribution is 2.29. The van der Waals surface area contributed by atoms with Crippen LogP contribution in [0.15, 0.2) is 12.3 Å². The third-order valence-corrected chi connectivity index (χ3v) is 3.55. The van der Waals surface area contributed by atoms with E-state index in [0.29, 0.717) is 12.2 Å². The zero-order chi connectivity index (χ0) is 14.5. The Bertz CT molecular complexity index is 539. The second-order valence-electron chi connectivity index (χ2n) is 4.79. The lowest BCUT2D eigenvalue weighted by Crippen LogP contribution is -2.41. The molecule has 1 atom stereocenters. The fourth-order valence-electron chi connectivity index (χ4n) is 2.59. The van der Waals surface area contributed by atoms with Crippen molar-refractivity contribution in [3.63, 3.8) is 0 Å². The minimum Gasteiger partial charge on any atom is -0.396 e. The van der Waals surface area contributed by atoms with Gasteiger partial charge in [0.05, 0.1) is 4.92 Å². The van der Waals surface area contributed by atoms with Gasteiger partial charge in [-0.15, -0.1) is 0 Å². The summed E-state index contributed by atoms with van der Waals surface area (Å²) < 4.78 is 0. The Morgan fingerprint density at radius 3 is 3.05 bits per heavy atom. The smallest absolute Gasteiger partial charge is 0.289 e. The van der Waals surface area contributed by atoms with Crippen LogP contribution in [0.3, 0.4) is 0 Å². The maximum absolute atomic E-state index is 10.7. The summed E-state index contributed by atoms with van der Waals surface area (Å²) in [5.41, 5.74) is 0.0325. The van der Waals surface area contributed by atoms with E-state index in [4.69, 9.17) is 5.11 Å². The van der Waals surface area contributed by atoms with Gasteiger partial charge in [-0.1, -0.05) is 0 Å². The van der Waals surface area contributed by atoms with E-state index in [2.05, 4.69) is 4.98 Å². The molecule has 0 aliphatic carbocycles. The third kappa shape index (κ3) is 2.86. The predicted octanol–water partition coefficient (Wildman–Crippen LogP) is 1.60. The number of nitrogens with zero attached hydrogens (tertiary/aromatic N) is 4. The molecule has 1 N–H and O–H groups in total. The van der Waals surface area contributed by atoms with Crippen LogP contribution >= 0.6 is 0 Å². The van der Waals surface area contributed by atoms with Gasteiger partial charge in [0, 0.05) is 25.3 Å². The SMILES string of the molecule is N#Cc1cc([N+](=O)[O-])cnc1N1CCCCC1CCO. The van der Waals surface area contributed by atoms with Gasteiger partial charge >= 0.3 is 0 Å². The minimum atomic E-state index is -0.557. The number of rotatable bonds is 4. The standard InChI is InChI=1S/C13H16N4O3/c14-8-10-7-12(17(19)20)9-15-13(10)16-5-2-1-3-11(16)4-6-18/h7,9,11,18H,1-6H2. The van der Waals surface area contributed by atoms with Gasteiger partial charge < -0.3 is 10.0 Å². The van der Waals surface area contributed by atoms with E-state index >= 15 is 0 Å². The van der Waals surface area contributed by atoms with Crippen molar-refractivity contribution in [2.45, 2.75) is 31.7 Å². The van der Waals surface area contributed by atoms with Gasteiger partial charge in [0.15, 0.2) is 0 Å². The molecule has 1 aromatic heterocycles. The van der Waals surface area contributed by atoms with Gasteiger partial charge in [-0.05, 0) is 25.7 Å². The van der Waals surface area contributed by atoms with Crippen LogP contribution in [0.25, 0.3) is 0 Å². The van der Waals surface area contributed by atoms with Crippen molar-refractivity contribution in [2.75, 3.05) is 18.1 Å². The molecule has 0 bridgehead atoms. The highest BCUT2D eigenvalue weighted by atomic mass is 16.6. The maximum Gasteiger partial charge on any atom is 0.289 e. The van der Waals surface area contributed by atoms with Gasteiger partial charge in [0.2, 0.25) is 0 Å². The van der Waals surface area contributed by atoms with Gasteiger partial charge in [0.1, 0.15) is 23.6 Å². The van der Waals surface area contributed by atoms with E-state index in [1.165, 1.54) is 12.3 Å². The van der Waals surface area contributed by atoms with Crippen molar-refractivity contribution in [3.8, 4) is 6.07 Å². The van der Waals surface area contributed by atoms with Crippen molar-refractivity contribution < 1.29 is 10.0 Å². The van der Waals surface area contributed by atoms with Crippen LogP contribution in [0.1, 0.15) is 31.2 Å². The lowest BCUT2D eigenvalue weighted by atomic mass is 9.99. The van der Waals surface area contributed by atoms with Gasteiger partial charge in [-0.2, -0.15) is 5.26 Å². The molecule has 1 aliphatic heterocycles. The Labute approximate surface area is 116 Å². The van der Waals surface area contributed by atoms with Gasteiger partial charge in [-0.3, -0.25) is 10.1 Å². The number of hydrogen-bond donors (Lipinski definition) is 1. The molecule has 0 amide bonds. The first kappa shape index (κ1) is 14.2. The first-order valence-electron chi connectivity index (χ1n) is 6.59. The number of hydrogen-bond acceptors (Lipinski definition) is 6. The van der Waals surface area contributed by atoms with E-state index in [-0.39, 0.29) is 23.9 Å². The lowest BCUT2D eigenvalue weighted by molar-refractivity contribution is -0.385. The van der Waals surface area contributed by atoms with Crippen molar-refractivity contribution >= 4 is 11.5 Å². The molecule has 20 heavy (non-hydrogen) atoms. The van der Waals surface area contributed by atoms with Crippen molar-refractivity contribution in [1.29, 1.82) is 5.26 Å². The number of nitriles is 1. The quantitative estimate of drug-likeness (QED) is 0.661. The molecule has 7 nitrogen and oxygen atoms in total. The number of pyridine rings is 1. The number of aliphatic hydroxyl groups is 1. The van der Waals surface area contributed by atoms with Crippen molar-refractivity contribution in [2.24, 2.45) is 0 Å². The molecule has 1 aliphatic rings. The van der Waals surface area contributed by atoms with Crippen LogP contribution in [0, 0.1) is 21.4 Å². The fraction of sp³-hybridized carbons (Fsp3) is 0.538. The van der Waals surface area contributed by atoms with Crippen LogP contribution in [-0.4, -0.2) is 34.2 Å². The molecular weight excluding hydrogens is 260 g/mol. The highest BCUT2D eigenvalue weighted by Gasteiger charge is 2.26. The summed E-state index contributed by atoms with van der Waals surface area (Å²) in [5.74, 6) is 0.483. The number of piperidine rings is 1. The fourth-order valence-corrected chi connectivity index (χ4v) is 2.59. The molecule has 0 saturated carbocycles. The zero-order valence-electron chi connectivity index (χ0n) is 11.0. The van der Waals surface area contributed by atoms with Crippen molar-refractivity contribution in [3.05, 3.63) is 27.9 Å². The molecule has 106 valence electrons. The third-order valence-electron chi connectivity index (χ3n) is 3.55. The van der Waals surface area contributed by atoms with Crippen LogP contribution in [0.4, 0.5) is 11.5 Å². The summed E-state index contributed by atoms with van der Waals surface area (Å²) in [4.78, 5) is 16.3. The molecule has 1 aromatic rings. The molecule has 7 heteroatoms. The van der Waals surface area contributed by atoms with Crippen LogP contribution in [0.2, 0.25) is 0 Å². The number of anilines is 1. The van der Waals surface area contributed by atoms with Crippen LogP contribution < -0.4 is 4.90 Å². The number of nitro groups is 1. The summed E-state index contributed by atoms with van der Waals surface area (Å²) in [6.45, 7) is 0.834. The van der Waals surface area contributed by atoms with E-state index in [1.54, 1.807) is 0 Å². The Balaban J connectivity index is 2.35. The van der Waals surface area contributed by atoms with Crippen LogP contribution in [0.5, 0.6) is 0 Å². The van der Waals surface area contributed by atoms with E-state index in [9.17, 15) is 15.4 Å². The summed E-state index contributed by atoms with van der Waals surface area (Å²) >= 11 is 0. The zero-order valence-corrected chi connectivity index (χ0v) is 11.0. The molecule has 0 spiro atoms. The predicted molar refractivity (Wildman–Crippen MR) is 72.3 cm³/mol. The van der Waals surface area contributed by atoms with Gasteiger partial charge in [0.25, 0.3) is 5.69 Å². The second-order valence-corrected chi connectivity index (χ2v) is 4.79. The van der Waals surface area contributed by atoms with Crippen LogP contribution in [-0.2, 0) is 0 Å². The Morgan fingerprint density at radius 2 is 2.40 bits per heavy atom. The molecule has 1 fully saturated rings. The average Bonchev–Trinajstić information content (AvgIpc) is 2.47. The Hall–Kier alpha value is -2.20. The average molecular weight is 276 g/mol. The minimum absolute atomic E-state index is 0.0794. The first-order chi connectivity index (χ1) is 9.67. The van der Waals surface area contributed by atoms with E-state index in [0.717, 1.165) is 25.8 Å². The number of aromatic nitrogens is 1. The molecular formula is C13H16N4O3. The monoisotopic (exact) mass is 276 g/mol. The number of aliphatic hydroxyl groups excluding tert-OH is 1. The molecule has 0 radical (unpaired) electrons. The molecule has 1 saturated heterocycles. The highest BCUT2D eigenvalue weighted by molar-refractivity contribution is 5.58. The summed E-state index contributed by atoms with van der Waals surface area (Å²) in [6.07, 6.45) is 4.80. The maximum atomic E-state index is 10.7. The van der Waals surface area contributed by atoms with E-state index in [1.807, 2.05) is 11.0 Å². The largest absolute Gasteiger partial charge is 0.396 e. The summed E-state index contributed by atoms with van der Waals surface area (Å²) in [6, 6.07) is 3.37. The van der Waals surface area contributed by atoms with E-state index < -0.39 is 4.92 Å². The Kier molecular flexibility index (Phi) is 4.48. The topological polar surface area (TPSA) is 103 Å². The van der Waals surface area contributed by atoms with Crippen molar-refractivity contribution in [1.82, 2.24) is 4.98 Å².